The maximum Gasteiger partial charge on any atom is 0.115 e. The van der Waals surface area contributed by atoms with Gasteiger partial charge in [0, 0.05) is 15.7 Å². The van der Waals surface area contributed by atoms with Crippen LogP contribution in [0.15, 0.2) is 53.4 Å². The summed E-state index contributed by atoms with van der Waals surface area (Å²) in [4.78, 5) is 1.00. The van der Waals surface area contributed by atoms with E-state index in [0.717, 1.165) is 10.5 Å². The molecule has 0 spiro atoms. The summed E-state index contributed by atoms with van der Waals surface area (Å²) in [7, 11) is 0. The molecular weight excluding hydrogens is 308 g/mol. The topological polar surface area (TPSA) is 49.7 Å². The first-order valence-corrected chi connectivity index (χ1v) is 7.92. The number of hydrogen-bond acceptors (Lipinski definition) is 4. The molecule has 0 bridgehead atoms. The van der Waals surface area contributed by atoms with Crippen LogP contribution >= 0.6 is 23.4 Å². The molecule has 3 nitrogen and oxygen atoms in total. The molecule has 112 valence electrons. The van der Waals surface area contributed by atoms with Crippen LogP contribution in [0.1, 0.15) is 5.56 Å². The molecule has 5 heteroatoms. The van der Waals surface area contributed by atoms with Gasteiger partial charge in [-0.05, 0) is 42.0 Å². The van der Waals surface area contributed by atoms with Gasteiger partial charge >= 0.3 is 0 Å². The van der Waals surface area contributed by atoms with Crippen molar-refractivity contribution in [3.8, 4) is 5.75 Å². The lowest BCUT2D eigenvalue weighted by Crippen LogP contribution is -2.17. The smallest absolute Gasteiger partial charge is 0.115 e. The second-order valence-corrected chi connectivity index (χ2v) is 6.13. The van der Waals surface area contributed by atoms with E-state index in [1.165, 1.54) is 11.8 Å². The largest absolute Gasteiger partial charge is 0.508 e. The number of phenolic OH excluding ortho intramolecular Hbond substituents is 1. The highest BCUT2D eigenvalue weighted by atomic mass is 35.5. The molecule has 1 atom stereocenters. The number of phenols is 1. The van der Waals surface area contributed by atoms with Gasteiger partial charge in [0.2, 0.25) is 0 Å². The summed E-state index contributed by atoms with van der Waals surface area (Å²) < 4.78 is 5.48. The van der Waals surface area contributed by atoms with Crippen LogP contribution in [0.4, 0.5) is 0 Å². The average molecular weight is 325 g/mol. The van der Waals surface area contributed by atoms with E-state index < -0.39 is 6.10 Å². The zero-order valence-electron chi connectivity index (χ0n) is 11.4. The second-order valence-electron chi connectivity index (χ2n) is 4.60. The lowest BCUT2D eigenvalue weighted by Gasteiger charge is -2.11. The van der Waals surface area contributed by atoms with Crippen molar-refractivity contribution in [1.82, 2.24) is 0 Å². The van der Waals surface area contributed by atoms with Gasteiger partial charge in [-0.3, -0.25) is 0 Å². The van der Waals surface area contributed by atoms with Crippen molar-refractivity contribution in [3.63, 3.8) is 0 Å². The minimum Gasteiger partial charge on any atom is -0.508 e. The predicted octanol–water partition coefficient (Wildman–Crippen LogP) is 3.72. The normalized spacial score (nSPS) is 12.3. The second kappa shape index (κ2) is 8.29. The molecule has 2 aromatic carbocycles. The number of thioether (sulfide) groups is 1. The Morgan fingerprint density at radius 1 is 1.05 bits per heavy atom. The van der Waals surface area contributed by atoms with Gasteiger partial charge in [-0.15, -0.1) is 11.8 Å². The zero-order chi connectivity index (χ0) is 15.1. The average Bonchev–Trinajstić information content (AvgIpc) is 2.49. The molecule has 0 saturated heterocycles. The molecule has 0 heterocycles. The molecule has 0 radical (unpaired) electrons. The molecule has 1 unspecified atom stereocenters. The quantitative estimate of drug-likeness (QED) is 0.762. The third-order valence-corrected chi connectivity index (χ3v) is 4.18. The molecule has 0 aliphatic heterocycles. The van der Waals surface area contributed by atoms with Gasteiger partial charge in [-0.25, -0.2) is 0 Å². The first kappa shape index (κ1) is 16.2. The number of benzene rings is 2. The molecule has 2 aromatic rings. The lowest BCUT2D eigenvalue weighted by molar-refractivity contribution is 0.0398. The Morgan fingerprint density at radius 3 is 2.38 bits per heavy atom. The Morgan fingerprint density at radius 2 is 1.71 bits per heavy atom. The van der Waals surface area contributed by atoms with Crippen LogP contribution in [-0.4, -0.2) is 28.7 Å². The number of aliphatic hydroxyl groups excluding tert-OH is 1. The predicted molar refractivity (Wildman–Crippen MR) is 85.9 cm³/mol. The standard InChI is InChI=1S/C16H17ClO3S/c17-13-3-1-12(2-4-13)9-20-10-15(19)11-21-16-7-5-14(18)6-8-16/h1-8,15,18-19H,9-11H2. The van der Waals surface area contributed by atoms with Gasteiger partial charge in [0.05, 0.1) is 19.3 Å². The summed E-state index contributed by atoms with van der Waals surface area (Å²) in [5, 5.41) is 19.8. The van der Waals surface area contributed by atoms with Crippen LogP contribution in [-0.2, 0) is 11.3 Å². The zero-order valence-corrected chi connectivity index (χ0v) is 13.0. The highest BCUT2D eigenvalue weighted by molar-refractivity contribution is 7.99. The third-order valence-electron chi connectivity index (χ3n) is 2.77. The molecule has 0 aromatic heterocycles. The van der Waals surface area contributed by atoms with Crippen LogP contribution in [0.25, 0.3) is 0 Å². The number of ether oxygens (including phenoxy) is 1. The van der Waals surface area contributed by atoms with Crippen molar-refractivity contribution < 1.29 is 14.9 Å². The molecule has 0 fully saturated rings. The fourth-order valence-corrected chi connectivity index (χ4v) is 2.61. The van der Waals surface area contributed by atoms with Crippen LogP contribution < -0.4 is 0 Å². The number of rotatable bonds is 7. The number of aromatic hydroxyl groups is 1. The fourth-order valence-electron chi connectivity index (χ4n) is 1.68. The van der Waals surface area contributed by atoms with Gasteiger partial charge in [0.1, 0.15) is 5.75 Å². The van der Waals surface area contributed by atoms with Gasteiger partial charge in [0.15, 0.2) is 0 Å². The highest BCUT2D eigenvalue weighted by Gasteiger charge is 2.06. The fraction of sp³-hybridized carbons (Fsp3) is 0.250. The first-order chi connectivity index (χ1) is 10.1. The summed E-state index contributed by atoms with van der Waals surface area (Å²) in [6.45, 7) is 0.742. The Balaban J connectivity index is 1.66. The molecule has 0 saturated carbocycles. The molecule has 2 rings (SSSR count). The molecule has 0 aliphatic rings. The van der Waals surface area contributed by atoms with E-state index in [9.17, 15) is 10.2 Å². The summed E-state index contributed by atoms with van der Waals surface area (Å²) in [5.41, 5.74) is 1.03. The maximum absolute atomic E-state index is 9.87. The number of hydrogen-bond donors (Lipinski definition) is 2. The van der Waals surface area contributed by atoms with E-state index in [1.54, 1.807) is 12.1 Å². The van der Waals surface area contributed by atoms with E-state index in [-0.39, 0.29) is 12.4 Å². The summed E-state index contributed by atoms with van der Waals surface area (Å²) in [5.74, 6) is 0.789. The Kier molecular flexibility index (Phi) is 6.39. The Hall–Kier alpha value is -1.20. The van der Waals surface area contributed by atoms with Gasteiger partial charge in [0.25, 0.3) is 0 Å². The Labute approximate surface area is 133 Å². The van der Waals surface area contributed by atoms with Crippen molar-refractivity contribution in [1.29, 1.82) is 0 Å². The van der Waals surface area contributed by atoms with E-state index in [2.05, 4.69) is 0 Å². The van der Waals surface area contributed by atoms with Gasteiger partial charge < -0.3 is 14.9 Å². The molecule has 21 heavy (non-hydrogen) atoms. The molecule has 0 aliphatic carbocycles. The maximum atomic E-state index is 9.87. The van der Waals surface area contributed by atoms with Crippen LogP contribution in [0.5, 0.6) is 5.75 Å². The highest BCUT2D eigenvalue weighted by Crippen LogP contribution is 2.21. The summed E-state index contributed by atoms with van der Waals surface area (Å²) >= 11 is 7.33. The minimum absolute atomic E-state index is 0.242. The summed E-state index contributed by atoms with van der Waals surface area (Å²) in [6, 6.07) is 14.3. The molecular formula is C16H17ClO3S. The van der Waals surface area contributed by atoms with Gasteiger partial charge in [-0.2, -0.15) is 0 Å². The van der Waals surface area contributed by atoms with E-state index in [4.69, 9.17) is 16.3 Å². The Bertz CT molecular complexity index is 542. The van der Waals surface area contributed by atoms with E-state index in [1.807, 2.05) is 36.4 Å². The van der Waals surface area contributed by atoms with Crippen molar-refractivity contribution in [2.75, 3.05) is 12.4 Å². The monoisotopic (exact) mass is 324 g/mol. The van der Waals surface area contributed by atoms with Gasteiger partial charge in [-0.1, -0.05) is 23.7 Å². The lowest BCUT2D eigenvalue weighted by atomic mass is 10.2. The summed E-state index contributed by atoms with van der Waals surface area (Å²) in [6.07, 6.45) is -0.531. The molecule has 2 N–H and O–H groups in total. The van der Waals surface area contributed by atoms with Crippen molar-refractivity contribution in [3.05, 3.63) is 59.1 Å². The van der Waals surface area contributed by atoms with Crippen LogP contribution in [0, 0.1) is 0 Å². The van der Waals surface area contributed by atoms with Crippen LogP contribution in [0.3, 0.4) is 0 Å². The van der Waals surface area contributed by atoms with E-state index in [0.29, 0.717) is 17.4 Å². The van der Waals surface area contributed by atoms with Crippen molar-refractivity contribution in [2.24, 2.45) is 0 Å². The van der Waals surface area contributed by atoms with Crippen molar-refractivity contribution >= 4 is 23.4 Å². The SMILES string of the molecule is Oc1ccc(SCC(O)COCc2ccc(Cl)cc2)cc1. The van der Waals surface area contributed by atoms with Crippen molar-refractivity contribution in [2.45, 2.75) is 17.6 Å². The van der Waals surface area contributed by atoms with Crippen LogP contribution in [0.2, 0.25) is 5.02 Å². The minimum atomic E-state index is -0.531. The first-order valence-electron chi connectivity index (χ1n) is 6.55. The molecule has 0 amide bonds. The number of halogens is 1. The van der Waals surface area contributed by atoms with E-state index >= 15 is 0 Å². The third kappa shape index (κ3) is 5.98. The number of aliphatic hydroxyl groups is 1.